The van der Waals surface area contributed by atoms with Gasteiger partial charge in [0, 0.05) is 11.7 Å². The van der Waals surface area contributed by atoms with Gasteiger partial charge in [-0.1, -0.05) is 36.4 Å². The number of benzene rings is 1. The number of hydrogen-bond acceptors (Lipinski definition) is 3. The van der Waals surface area contributed by atoms with Crippen molar-refractivity contribution in [2.45, 2.75) is 31.5 Å². The third kappa shape index (κ3) is 2.20. The van der Waals surface area contributed by atoms with Crippen LogP contribution in [-0.2, 0) is 16.1 Å². The fourth-order valence-electron chi connectivity index (χ4n) is 2.77. The van der Waals surface area contributed by atoms with E-state index in [4.69, 9.17) is 5.73 Å². The first-order valence-electron chi connectivity index (χ1n) is 6.79. The molecule has 1 aliphatic heterocycles. The van der Waals surface area contributed by atoms with Crippen molar-refractivity contribution >= 4 is 11.8 Å². The number of carbonyl (C=O) groups is 2. The largest absolute Gasteiger partial charge is 0.338 e. The number of fused-ring (bicyclic) bond motifs is 1. The number of piperazine rings is 1. The monoisotopic (exact) mass is 271 g/mol. The predicted octanol–water partition coefficient (Wildman–Crippen LogP) is 0.519. The molecular weight excluding hydrogens is 254 g/mol. The van der Waals surface area contributed by atoms with Gasteiger partial charge in [-0.2, -0.15) is 0 Å². The fourth-order valence-corrected chi connectivity index (χ4v) is 2.77. The normalized spacial score (nSPS) is 25.9. The van der Waals surface area contributed by atoms with Gasteiger partial charge in [0.2, 0.25) is 0 Å². The quantitative estimate of drug-likeness (QED) is 0.770. The highest BCUT2D eigenvalue weighted by molar-refractivity contribution is 6.36. The summed E-state index contributed by atoms with van der Waals surface area (Å²) in [7, 11) is 0. The first-order chi connectivity index (χ1) is 9.66. The molecule has 0 saturated carbocycles. The molecule has 3 rings (SSSR count). The van der Waals surface area contributed by atoms with Crippen LogP contribution in [0.3, 0.4) is 0 Å². The van der Waals surface area contributed by atoms with Crippen LogP contribution in [0.5, 0.6) is 0 Å². The standard InChI is InChI=1S/C15H17N3O2/c16-11-7-4-8-12-13(11)17-14(19)15(20)18(12)9-10-5-2-1-3-6-10/h1-3,5-6,8,11,13H,4,7,9,16H2,(H,17,19). The zero-order valence-corrected chi connectivity index (χ0v) is 11.1. The molecule has 0 spiro atoms. The number of nitrogens with one attached hydrogen (secondary N) is 1. The maximum Gasteiger partial charge on any atom is 0.316 e. The molecule has 1 aromatic carbocycles. The molecule has 1 aromatic rings. The highest BCUT2D eigenvalue weighted by atomic mass is 16.2. The molecule has 2 amide bonds. The van der Waals surface area contributed by atoms with E-state index < -0.39 is 11.8 Å². The van der Waals surface area contributed by atoms with E-state index in [0.717, 1.165) is 24.1 Å². The van der Waals surface area contributed by atoms with Crippen molar-refractivity contribution in [3.05, 3.63) is 47.7 Å². The van der Waals surface area contributed by atoms with Crippen molar-refractivity contribution < 1.29 is 9.59 Å². The maximum atomic E-state index is 12.1. The highest BCUT2D eigenvalue weighted by Crippen LogP contribution is 2.26. The first-order valence-corrected chi connectivity index (χ1v) is 6.79. The molecular formula is C15H17N3O2. The van der Waals surface area contributed by atoms with Gasteiger partial charge < -0.3 is 16.0 Å². The van der Waals surface area contributed by atoms with Crippen molar-refractivity contribution in [3.63, 3.8) is 0 Å². The number of nitrogens with two attached hydrogens (primary N) is 1. The summed E-state index contributed by atoms with van der Waals surface area (Å²) >= 11 is 0. The van der Waals surface area contributed by atoms with Crippen molar-refractivity contribution in [1.82, 2.24) is 10.2 Å². The zero-order valence-electron chi connectivity index (χ0n) is 11.1. The van der Waals surface area contributed by atoms with Gasteiger partial charge in [-0.25, -0.2) is 0 Å². The molecule has 104 valence electrons. The van der Waals surface area contributed by atoms with Gasteiger partial charge in [0.1, 0.15) is 0 Å². The van der Waals surface area contributed by atoms with Crippen LogP contribution in [0.4, 0.5) is 0 Å². The lowest BCUT2D eigenvalue weighted by Gasteiger charge is -2.40. The lowest BCUT2D eigenvalue weighted by Crippen LogP contribution is -2.62. The van der Waals surface area contributed by atoms with Gasteiger partial charge in [0.15, 0.2) is 0 Å². The van der Waals surface area contributed by atoms with Gasteiger partial charge in [-0.05, 0) is 18.4 Å². The molecule has 0 bridgehead atoms. The molecule has 1 aliphatic carbocycles. The van der Waals surface area contributed by atoms with Gasteiger partial charge in [0.25, 0.3) is 0 Å². The maximum absolute atomic E-state index is 12.1. The Bertz CT molecular complexity index is 568. The van der Waals surface area contributed by atoms with Gasteiger partial charge in [0.05, 0.1) is 12.6 Å². The van der Waals surface area contributed by atoms with Crippen LogP contribution < -0.4 is 11.1 Å². The number of rotatable bonds is 2. The number of carbonyl (C=O) groups excluding carboxylic acids is 2. The van der Waals surface area contributed by atoms with E-state index in [9.17, 15) is 9.59 Å². The molecule has 1 heterocycles. The summed E-state index contributed by atoms with van der Waals surface area (Å²) in [5, 5.41) is 2.71. The van der Waals surface area contributed by atoms with Crippen molar-refractivity contribution in [1.29, 1.82) is 0 Å². The van der Waals surface area contributed by atoms with E-state index in [0.29, 0.717) is 6.54 Å². The molecule has 2 atom stereocenters. The van der Waals surface area contributed by atoms with E-state index in [2.05, 4.69) is 5.32 Å². The average Bonchev–Trinajstić information content (AvgIpc) is 2.46. The Hall–Kier alpha value is -2.14. The summed E-state index contributed by atoms with van der Waals surface area (Å²) < 4.78 is 0. The Labute approximate surface area is 117 Å². The first kappa shape index (κ1) is 12.9. The summed E-state index contributed by atoms with van der Waals surface area (Å²) in [5.41, 5.74) is 7.88. The van der Waals surface area contributed by atoms with E-state index in [1.165, 1.54) is 0 Å². The topological polar surface area (TPSA) is 75.4 Å². The van der Waals surface area contributed by atoms with Gasteiger partial charge in [-0.3, -0.25) is 9.59 Å². The third-order valence-corrected chi connectivity index (χ3v) is 3.82. The molecule has 2 aliphatic rings. The summed E-state index contributed by atoms with van der Waals surface area (Å²) in [6.07, 6.45) is 3.66. The molecule has 5 nitrogen and oxygen atoms in total. The minimum absolute atomic E-state index is 0.134. The second-order valence-corrected chi connectivity index (χ2v) is 5.20. The van der Waals surface area contributed by atoms with Crippen LogP contribution >= 0.6 is 0 Å². The molecule has 5 heteroatoms. The molecule has 0 aromatic heterocycles. The number of allylic oxidation sites excluding steroid dienone is 1. The summed E-state index contributed by atoms with van der Waals surface area (Å²) in [5.74, 6) is -1.08. The Balaban J connectivity index is 1.91. The fraction of sp³-hybridized carbons (Fsp3) is 0.333. The molecule has 0 radical (unpaired) electrons. The SMILES string of the molecule is NC1CCC=C2C1NC(=O)C(=O)N2Cc1ccccc1. The van der Waals surface area contributed by atoms with E-state index in [1.807, 2.05) is 36.4 Å². The minimum Gasteiger partial charge on any atom is -0.338 e. The molecule has 20 heavy (non-hydrogen) atoms. The average molecular weight is 271 g/mol. The number of amides is 2. The summed E-state index contributed by atoms with van der Waals surface area (Å²) in [6, 6.07) is 9.26. The van der Waals surface area contributed by atoms with Crippen LogP contribution in [0.1, 0.15) is 18.4 Å². The van der Waals surface area contributed by atoms with Crippen LogP contribution in [0.15, 0.2) is 42.1 Å². The highest BCUT2D eigenvalue weighted by Gasteiger charge is 2.40. The van der Waals surface area contributed by atoms with Crippen LogP contribution in [-0.4, -0.2) is 28.8 Å². The molecule has 1 saturated heterocycles. The Morgan fingerprint density at radius 3 is 2.75 bits per heavy atom. The molecule has 3 N–H and O–H groups in total. The van der Waals surface area contributed by atoms with Crippen LogP contribution in [0, 0.1) is 0 Å². The Kier molecular flexibility index (Phi) is 3.28. The van der Waals surface area contributed by atoms with Crippen molar-refractivity contribution in [2.75, 3.05) is 0 Å². The lowest BCUT2D eigenvalue weighted by atomic mass is 9.91. The molecule has 1 fully saturated rings. The predicted molar refractivity (Wildman–Crippen MR) is 74.2 cm³/mol. The van der Waals surface area contributed by atoms with Crippen LogP contribution in [0.25, 0.3) is 0 Å². The Morgan fingerprint density at radius 2 is 2.00 bits per heavy atom. The third-order valence-electron chi connectivity index (χ3n) is 3.82. The summed E-state index contributed by atoms with van der Waals surface area (Å²) in [6.45, 7) is 0.405. The van der Waals surface area contributed by atoms with E-state index in [1.54, 1.807) is 4.90 Å². The number of hydrogen-bond donors (Lipinski definition) is 2. The van der Waals surface area contributed by atoms with E-state index in [-0.39, 0.29) is 12.1 Å². The van der Waals surface area contributed by atoms with Crippen molar-refractivity contribution in [3.8, 4) is 0 Å². The second-order valence-electron chi connectivity index (χ2n) is 5.20. The molecule has 2 unspecified atom stereocenters. The minimum atomic E-state index is -0.569. The van der Waals surface area contributed by atoms with Gasteiger partial charge in [-0.15, -0.1) is 0 Å². The smallest absolute Gasteiger partial charge is 0.316 e. The van der Waals surface area contributed by atoms with Gasteiger partial charge >= 0.3 is 11.8 Å². The Morgan fingerprint density at radius 1 is 1.25 bits per heavy atom. The van der Waals surface area contributed by atoms with Crippen molar-refractivity contribution in [2.24, 2.45) is 5.73 Å². The summed E-state index contributed by atoms with van der Waals surface area (Å²) in [4.78, 5) is 25.5. The van der Waals surface area contributed by atoms with Crippen LogP contribution in [0.2, 0.25) is 0 Å². The lowest BCUT2D eigenvalue weighted by molar-refractivity contribution is -0.148. The second kappa shape index (κ2) is 5.09. The zero-order chi connectivity index (χ0) is 14.1. The van der Waals surface area contributed by atoms with E-state index >= 15 is 0 Å². The number of nitrogens with zero attached hydrogens (tertiary/aromatic N) is 1.